The molecule has 0 aliphatic rings. The Hall–Kier alpha value is -2.40. The molecule has 1 aromatic heterocycles. The molecule has 3 rings (SSSR count). The predicted octanol–water partition coefficient (Wildman–Crippen LogP) is 2.82. The van der Waals surface area contributed by atoms with Crippen LogP contribution in [-0.4, -0.2) is 24.9 Å². The molecule has 1 heterocycles. The lowest BCUT2D eigenvalue weighted by molar-refractivity contribution is 0.101. The molecule has 0 saturated heterocycles. The molecule has 0 aliphatic heterocycles. The number of para-hydroxylation sites is 1. The topological polar surface area (TPSA) is 67.0 Å². The third kappa shape index (κ3) is 2.73. The Balaban J connectivity index is 1.89. The molecule has 1 N–H and O–H groups in total. The van der Waals surface area contributed by atoms with Gasteiger partial charge in [-0.2, -0.15) is 0 Å². The molecule has 0 bridgehead atoms. The third-order valence-electron chi connectivity index (χ3n) is 3.25. The van der Waals surface area contributed by atoms with Crippen LogP contribution in [0, 0.1) is 0 Å². The van der Waals surface area contributed by atoms with Crippen LogP contribution in [0.3, 0.4) is 0 Å². The molecular formula is C16H13NO3S. The highest BCUT2D eigenvalue weighted by Gasteiger charge is 2.21. The summed E-state index contributed by atoms with van der Waals surface area (Å²) in [6.07, 6.45) is 0. The first kappa shape index (κ1) is 13.6. The maximum Gasteiger partial charge on any atom is 0.194 e. The fourth-order valence-corrected chi connectivity index (χ4v) is 3.42. The first-order valence-corrected chi connectivity index (χ1v) is 8.10. The van der Waals surface area contributed by atoms with Crippen LogP contribution in [0.15, 0.2) is 65.6 Å². The van der Waals surface area contributed by atoms with E-state index in [4.69, 9.17) is 0 Å². The highest BCUT2D eigenvalue weighted by atomic mass is 32.2. The van der Waals surface area contributed by atoms with E-state index < -0.39 is 21.4 Å². The quantitative estimate of drug-likeness (QED) is 0.753. The molecule has 0 unspecified atom stereocenters. The van der Waals surface area contributed by atoms with Gasteiger partial charge in [-0.3, -0.25) is 4.79 Å². The van der Waals surface area contributed by atoms with Gasteiger partial charge in [-0.15, -0.1) is 0 Å². The zero-order valence-corrected chi connectivity index (χ0v) is 11.9. The normalized spacial score (nSPS) is 11.6. The van der Waals surface area contributed by atoms with Gasteiger partial charge in [0.05, 0.1) is 10.6 Å². The Labute approximate surface area is 122 Å². The number of carbonyl (C=O) groups excluding carboxylic acids is 1. The second-order valence-electron chi connectivity index (χ2n) is 4.77. The highest BCUT2D eigenvalue weighted by molar-refractivity contribution is 7.92. The number of benzene rings is 2. The van der Waals surface area contributed by atoms with Crippen LogP contribution in [0.4, 0.5) is 0 Å². The third-order valence-corrected chi connectivity index (χ3v) is 4.89. The summed E-state index contributed by atoms with van der Waals surface area (Å²) in [5, 5.41) is 0.887. The largest absolute Gasteiger partial charge is 0.352 e. The number of carbonyl (C=O) groups is 1. The molecule has 0 aliphatic carbocycles. The predicted molar refractivity (Wildman–Crippen MR) is 81.1 cm³/mol. The van der Waals surface area contributed by atoms with Gasteiger partial charge < -0.3 is 4.98 Å². The number of Topliss-reactive ketones (excluding diaryl/α,β-unsaturated/α-hetero) is 1. The molecule has 106 valence electrons. The van der Waals surface area contributed by atoms with E-state index in [-0.39, 0.29) is 4.90 Å². The average Bonchev–Trinajstić information content (AvgIpc) is 2.92. The minimum Gasteiger partial charge on any atom is -0.352 e. The number of hydrogen-bond acceptors (Lipinski definition) is 3. The molecule has 0 saturated carbocycles. The van der Waals surface area contributed by atoms with E-state index in [1.807, 2.05) is 24.3 Å². The van der Waals surface area contributed by atoms with Crippen molar-refractivity contribution in [3.05, 3.63) is 66.4 Å². The summed E-state index contributed by atoms with van der Waals surface area (Å²) in [5.41, 5.74) is 1.13. The molecular weight excluding hydrogens is 286 g/mol. The lowest BCUT2D eigenvalue weighted by Crippen LogP contribution is -2.16. The van der Waals surface area contributed by atoms with Crippen LogP contribution in [0.5, 0.6) is 0 Å². The molecule has 0 radical (unpaired) electrons. The van der Waals surface area contributed by atoms with Crippen LogP contribution in [0.2, 0.25) is 0 Å². The van der Waals surface area contributed by atoms with Crippen molar-refractivity contribution in [3.8, 4) is 0 Å². The van der Waals surface area contributed by atoms with Crippen LogP contribution in [0.1, 0.15) is 10.5 Å². The van der Waals surface area contributed by atoms with E-state index >= 15 is 0 Å². The maximum absolute atomic E-state index is 12.2. The van der Waals surface area contributed by atoms with Crippen LogP contribution in [0.25, 0.3) is 10.9 Å². The molecule has 2 aromatic carbocycles. The maximum atomic E-state index is 12.2. The van der Waals surface area contributed by atoms with Gasteiger partial charge in [0.15, 0.2) is 15.6 Å². The van der Waals surface area contributed by atoms with E-state index in [9.17, 15) is 13.2 Å². The van der Waals surface area contributed by atoms with Gasteiger partial charge in [-0.25, -0.2) is 8.42 Å². The van der Waals surface area contributed by atoms with Gasteiger partial charge in [0.1, 0.15) is 5.75 Å². The molecule has 0 spiro atoms. The molecule has 4 nitrogen and oxygen atoms in total. The zero-order valence-electron chi connectivity index (χ0n) is 11.1. The first-order chi connectivity index (χ1) is 10.1. The summed E-state index contributed by atoms with van der Waals surface area (Å²) in [5.74, 6) is -0.973. The van der Waals surface area contributed by atoms with Crippen molar-refractivity contribution in [2.75, 3.05) is 5.75 Å². The number of hydrogen-bond donors (Lipinski definition) is 1. The molecule has 5 heteroatoms. The van der Waals surface area contributed by atoms with E-state index in [0.717, 1.165) is 10.9 Å². The molecule has 0 amide bonds. The lowest BCUT2D eigenvalue weighted by atomic mass is 10.2. The first-order valence-electron chi connectivity index (χ1n) is 6.45. The summed E-state index contributed by atoms with van der Waals surface area (Å²) in [6, 6.07) is 17.1. The standard InChI is InChI=1S/C16H13NO3S/c18-16(11-21(19,20)13-7-2-1-3-8-13)15-10-12-6-4-5-9-14(12)17-15/h1-10,17H,11H2. The number of H-pyrrole nitrogens is 1. The number of aromatic amines is 1. The molecule has 3 aromatic rings. The Morgan fingerprint density at radius 1 is 0.952 bits per heavy atom. The number of fused-ring (bicyclic) bond motifs is 1. The van der Waals surface area contributed by atoms with Crippen molar-refractivity contribution < 1.29 is 13.2 Å². The second kappa shape index (κ2) is 5.18. The van der Waals surface area contributed by atoms with Gasteiger partial charge in [0.25, 0.3) is 0 Å². The summed E-state index contributed by atoms with van der Waals surface area (Å²) in [6.45, 7) is 0. The number of sulfone groups is 1. The smallest absolute Gasteiger partial charge is 0.194 e. The minimum atomic E-state index is -3.61. The summed E-state index contributed by atoms with van der Waals surface area (Å²) in [4.78, 5) is 15.3. The van der Waals surface area contributed by atoms with E-state index in [2.05, 4.69) is 4.98 Å². The van der Waals surface area contributed by atoms with Gasteiger partial charge in [0.2, 0.25) is 0 Å². The fourth-order valence-electron chi connectivity index (χ4n) is 2.19. The number of aromatic nitrogens is 1. The Bertz CT molecular complexity index is 862. The van der Waals surface area contributed by atoms with E-state index in [1.165, 1.54) is 12.1 Å². The fraction of sp³-hybridized carbons (Fsp3) is 0.0625. The summed E-state index contributed by atoms with van der Waals surface area (Å²) in [7, 11) is -3.61. The molecule has 21 heavy (non-hydrogen) atoms. The van der Waals surface area contributed by atoms with Crippen molar-refractivity contribution in [2.24, 2.45) is 0 Å². The second-order valence-corrected chi connectivity index (χ2v) is 6.76. The summed E-state index contributed by atoms with van der Waals surface area (Å²) >= 11 is 0. The highest BCUT2D eigenvalue weighted by Crippen LogP contribution is 2.17. The molecule has 0 fully saturated rings. The summed E-state index contributed by atoms with van der Waals surface area (Å²) < 4.78 is 24.4. The average molecular weight is 299 g/mol. The Morgan fingerprint density at radius 3 is 2.33 bits per heavy atom. The van der Waals surface area contributed by atoms with Crippen molar-refractivity contribution in [2.45, 2.75) is 4.90 Å². The van der Waals surface area contributed by atoms with Crippen molar-refractivity contribution in [1.29, 1.82) is 0 Å². The van der Waals surface area contributed by atoms with Gasteiger partial charge in [0, 0.05) is 10.9 Å². The minimum absolute atomic E-state index is 0.162. The number of nitrogens with one attached hydrogen (secondary N) is 1. The number of rotatable bonds is 4. The van der Waals surface area contributed by atoms with E-state index in [0.29, 0.717) is 5.69 Å². The van der Waals surface area contributed by atoms with Gasteiger partial charge in [-0.1, -0.05) is 36.4 Å². The number of ketones is 1. The Morgan fingerprint density at radius 2 is 1.62 bits per heavy atom. The lowest BCUT2D eigenvalue weighted by Gasteiger charge is -2.02. The van der Waals surface area contributed by atoms with Crippen LogP contribution in [-0.2, 0) is 9.84 Å². The zero-order chi connectivity index (χ0) is 14.9. The molecule has 0 atom stereocenters. The van der Waals surface area contributed by atoms with E-state index in [1.54, 1.807) is 24.3 Å². The van der Waals surface area contributed by atoms with Gasteiger partial charge in [-0.05, 0) is 24.3 Å². The SMILES string of the molecule is O=C(CS(=O)(=O)c1ccccc1)c1cc2ccccc2[nH]1. The van der Waals surface area contributed by atoms with Crippen LogP contribution >= 0.6 is 0 Å². The van der Waals surface area contributed by atoms with Crippen molar-refractivity contribution >= 4 is 26.5 Å². The van der Waals surface area contributed by atoms with Crippen molar-refractivity contribution in [3.63, 3.8) is 0 Å². The monoisotopic (exact) mass is 299 g/mol. The van der Waals surface area contributed by atoms with Gasteiger partial charge >= 0.3 is 0 Å². The Kier molecular flexibility index (Phi) is 3.35. The van der Waals surface area contributed by atoms with Crippen molar-refractivity contribution in [1.82, 2.24) is 4.98 Å². The van der Waals surface area contributed by atoms with Crippen LogP contribution < -0.4 is 0 Å².